The van der Waals surface area contributed by atoms with Crippen molar-refractivity contribution in [2.75, 3.05) is 19.4 Å². The molecule has 0 bridgehead atoms. The monoisotopic (exact) mass is 339 g/mol. The first-order valence-electron chi connectivity index (χ1n) is 7.64. The number of halogens is 1. The van der Waals surface area contributed by atoms with E-state index in [4.69, 9.17) is 11.6 Å². The second-order valence-corrected chi connectivity index (χ2v) is 6.13. The number of carbonyl (C=O) groups excluding carboxylic acids is 1. The number of rotatable bonds is 4. The Kier molecular flexibility index (Phi) is 4.67. The number of nitrogens with one attached hydrogen (secondary N) is 1. The number of amides is 1. The normalized spacial score (nSPS) is 10.6. The molecule has 1 heterocycles. The number of fused-ring (bicyclic) bond motifs is 1. The Bertz CT molecular complexity index is 875. The second-order valence-electron chi connectivity index (χ2n) is 5.77. The van der Waals surface area contributed by atoms with Gasteiger partial charge in [-0.25, -0.2) is 4.98 Å². The molecule has 0 aliphatic carbocycles. The van der Waals surface area contributed by atoms with Gasteiger partial charge in [0.2, 0.25) is 0 Å². The molecule has 5 heteroatoms. The molecule has 122 valence electrons. The number of carbonyl (C=O) groups is 1. The van der Waals surface area contributed by atoms with Crippen LogP contribution in [-0.4, -0.2) is 29.9 Å². The van der Waals surface area contributed by atoms with E-state index < -0.39 is 0 Å². The molecular weight excluding hydrogens is 322 g/mol. The minimum Gasteiger partial charge on any atom is -0.366 e. The maximum Gasteiger partial charge on any atom is 0.253 e. The lowest BCUT2D eigenvalue weighted by molar-refractivity contribution is 0.0827. The summed E-state index contributed by atoms with van der Waals surface area (Å²) in [5.41, 5.74) is 1.74. The summed E-state index contributed by atoms with van der Waals surface area (Å²) in [6.07, 6.45) is 0. The zero-order chi connectivity index (χ0) is 17.1. The molecule has 0 saturated heterocycles. The van der Waals surface area contributed by atoms with Crippen molar-refractivity contribution in [1.82, 2.24) is 9.88 Å². The van der Waals surface area contributed by atoms with E-state index >= 15 is 0 Å². The van der Waals surface area contributed by atoms with Gasteiger partial charge in [-0.1, -0.05) is 48.0 Å². The largest absolute Gasteiger partial charge is 0.366 e. The third-order valence-electron chi connectivity index (χ3n) is 3.77. The molecule has 0 fully saturated rings. The Labute approximate surface area is 146 Å². The van der Waals surface area contributed by atoms with Crippen LogP contribution in [0.2, 0.25) is 5.15 Å². The Morgan fingerprint density at radius 3 is 2.54 bits per heavy atom. The molecule has 0 atom stereocenters. The van der Waals surface area contributed by atoms with Crippen molar-refractivity contribution in [3.63, 3.8) is 0 Å². The summed E-state index contributed by atoms with van der Waals surface area (Å²) in [6, 6.07) is 17.4. The van der Waals surface area contributed by atoms with Crippen LogP contribution in [0.1, 0.15) is 15.9 Å². The van der Waals surface area contributed by atoms with E-state index in [0.717, 1.165) is 22.2 Å². The van der Waals surface area contributed by atoms with Crippen LogP contribution >= 0.6 is 11.6 Å². The zero-order valence-electron chi connectivity index (χ0n) is 13.6. The lowest BCUT2D eigenvalue weighted by atomic mass is 10.1. The molecule has 2 aromatic carbocycles. The van der Waals surface area contributed by atoms with Gasteiger partial charge in [0.05, 0.1) is 0 Å². The zero-order valence-corrected chi connectivity index (χ0v) is 14.3. The average Bonchev–Trinajstić information content (AvgIpc) is 2.60. The van der Waals surface area contributed by atoms with Crippen molar-refractivity contribution in [2.45, 2.75) is 6.54 Å². The van der Waals surface area contributed by atoms with Gasteiger partial charge < -0.3 is 10.2 Å². The number of benzene rings is 2. The molecule has 0 saturated carbocycles. The third-order valence-corrected chi connectivity index (χ3v) is 4.06. The Morgan fingerprint density at radius 2 is 1.83 bits per heavy atom. The van der Waals surface area contributed by atoms with Gasteiger partial charge in [-0.05, 0) is 29.1 Å². The number of hydrogen-bond acceptors (Lipinski definition) is 3. The minimum absolute atomic E-state index is 0.00233. The number of hydrogen-bond donors (Lipinski definition) is 1. The first kappa shape index (κ1) is 16.3. The maximum absolute atomic E-state index is 11.9. The van der Waals surface area contributed by atoms with Crippen molar-refractivity contribution < 1.29 is 4.79 Å². The van der Waals surface area contributed by atoms with E-state index in [1.807, 2.05) is 54.6 Å². The van der Waals surface area contributed by atoms with E-state index in [1.54, 1.807) is 19.0 Å². The van der Waals surface area contributed by atoms with Crippen LogP contribution in [0.5, 0.6) is 0 Å². The van der Waals surface area contributed by atoms with Crippen molar-refractivity contribution in [2.24, 2.45) is 0 Å². The van der Waals surface area contributed by atoms with Crippen LogP contribution in [-0.2, 0) is 6.54 Å². The van der Waals surface area contributed by atoms with E-state index in [0.29, 0.717) is 17.3 Å². The lowest BCUT2D eigenvalue weighted by Gasteiger charge is -2.11. The number of nitrogens with zero attached hydrogens (tertiary/aromatic N) is 2. The van der Waals surface area contributed by atoms with Crippen LogP contribution in [0.3, 0.4) is 0 Å². The molecule has 1 aromatic heterocycles. The van der Waals surface area contributed by atoms with Crippen LogP contribution in [0, 0.1) is 0 Å². The highest BCUT2D eigenvalue weighted by atomic mass is 35.5. The van der Waals surface area contributed by atoms with Crippen LogP contribution in [0.4, 0.5) is 5.82 Å². The van der Waals surface area contributed by atoms with Gasteiger partial charge >= 0.3 is 0 Å². The first-order chi connectivity index (χ1) is 11.5. The van der Waals surface area contributed by atoms with Crippen molar-refractivity contribution in [1.29, 1.82) is 0 Å². The molecule has 0 aliphatic rings. The fourth-order valence-electron chi connectivity index (χ4n) is 2.46. The number of pyridine rings is 1. The van der Waals surface area contributed by atoms with Crippen LogP contribution in [0.25, 0.3) is 10.8 Å². The van der Waals surface area contributed by atoms with Gasteiger partial charge in [0.15, 0.2) is 0 Å². The summed E-state index contributed by atoms with van der Waals surface area (Å²) < 4.78 is 0. The van der Waals surface area contributed by atoms with Crippen LogP contribution < -0.4 is 5.32 Å². The average molecular weight is 340 g/mol. The highest BCUT2D eigenvalue weighted by Crippen LogP contribution is 2.24. The van der Waals surface area contributed by atoms with Gasteiger partial charge in [-0.2, -0.15) is 0 Å². The molecule has 4 nitrogen and oxygen atoms in total. The Balaban J connectivity index is 1.73. The summed E-state index contributed by atoms with van der Waals surface area (Å²) in [6.45, 7) is 0.609. The summed E-state index contributed by atoms with van der Waals surface area (Å²) in [5, 5.41) is 5.75. The molecule has 0 spiro atoms. The SMILES string of the molecule is CN(C)C(=O)c1ccc(CNc2cc3ccccc3c(Cl)n2)cc1. The molecule has 24 heavy (non-hydrogen) atoms. The molecule has 3 aromatic rings. The maximum atomic E-state index is 11.9. The van der Waals surface area contributed by atoms with E-state index in [9.17, 15) is 4.79 Å². The fourth-order valence-corrected chi connectivity index (χ4v) is 2.73. The summed E-state index contributed by atoms with van der Waals surface area (Å²) in [5.74, 6) is 0.727. The highest BCUT2D eigenvalue weighted by molar-refractivity contribution is 6.34. The standard InChI is InChI=1S/C19H18ClN3O/c1-23(2)19(24)14-9-7-13(8-10-14)12-21-17-11-15-5-3-4-6-16(15)18(20)22-17/h3-11H,12H2,1-2H3,(H,21,22). The fraction of sp³-hybridized carbons (Fsp3) is 0.158. The van der Waals surface area contributed by atoms with Gasteiger partial charge in [0, 0.05) is 31.6 Å². The molecule has 0 unspecified atom stereocenters. The predicted octanol–water partition coefficient (Wildman–Crippen LogP) is 4.20. The lowest BCUT2D eigenvalue weighted by Crippen LogP contribution is -2.21. The Hall–Kier alpha value is -2.59. The van der Waals surface area contributed by atoms with Gasteiger partial charge in [-0.3, -0.25) is 4.79 Å². The molecule has 1 amide bonds. The minimum atomic E-state index is -0.00233. The van der Waals surface area contributed by atoms with Gasteiger partial charge in [-0.15, -0.1) is 0 Å². The van der Waals surface area contributed by atoms with Crippen molar-refractivity contribution in [3.8, 4) is 0 Å². The smallest absolute Gasteiger partial charge is 0.253 e. The summed E-state index contributed by atoms with van der Waals surface area (Å²) in [7, 11) is 3.49. The topological polar surface area (TPSA) is 45.2 Å². The predicted molar refractivity (Wildman–Crippen MR) is 98.5 cm³/mol. The van der Waals surface area contributed by atoms with Crippen LogP contribution in [0.15, 0.2) is 54.6 Å². The van der Waals surface area contributed by atoms with Crippen molar-refractivity contribution >= 4 is 34.1 Å². The molecular formula is C19H18ClN3O. The van der Waals surface area contributed by atoms with Crippen molar-refractivity contribution in [3.05, 3.63) is 70.9 Å². The second kappa shape index (κ2) is 6.89. The first-order valence-corrected chi connectivity index (χ1v) is 8.02. The van der Waals surface area contributed by atoms with E-state index in [-0.39, 0.29) is 5.91 Å². The molecule has 0 aliphatic heterocycles. The summed E-state index contributed by atoms with van der Waals surface area (Å²) >= 11 is 6.24. The molecule has 1 N–H and O–H groups in total. The Morgan fingerprint density at radius 1 is 1.12 bits per heavy atom. The quantitative estimate of drug-likeness (QED) is 0.724. The van der Waals surface area contributed by atoms with Gasteiger partial charge in [0.25, 0.3) is 5.91 Å². The molecule has 0 radical (unpaired) electrons. The number of anilines is 1. The third kappa shape index (κ3) is 3.49. The summed E-state index contributed by atoms with van der Waals surface area (Å²) in [4.78, 5) is 17.8. The molecule has 3 rings (SSSR count). The van der Waals surface area contributed by atoms with E-state index in [2.05, 4.69) is 10.3 Å². The highest BCUT2D eigenvalue weighted by Gasteiger charge is 2.07. The van der Waals surface area contributed by atoms with Gasteiger partial charge in [0.1, 0.15) is 11.0 Å². The number of aromatic nitrogens is 1. The van der Waals surface area contributed by atoms with E-state index in [1.165, 1.54) is 0 Å².